The molecule has 2 aliphatic heterocycles. The molecule has 3 aliphatic rings. The number of fused-ring (bicyclic) bond motifs is 1. The average molecular weight is 401 g/mol. The van der Waals surface area contributed by atoms with Gasteiger partial charge in [0.1, 0.15) is 5.75 Å². The number of nitrogens with two attached hydrogens (primary N) is 1. The van der Waals surface area contributed by atoms with Crippen LogP contribution in [0.2, 0.25) is 0 Å². The maximum absolute atomic E-state index is 13.1. The fourth-order valence-electron chi connectivity index (χ4n) is 5.43. The number of ether oxygens (including phenoxy) is 1. The first-order chi connectivity index (χ1) is 13.8. The first kappa shape index (κ1) is 20.0. The molecule has 0 aromatic heterocycles. The summed E-state index contributed by atoms with van der Waals surface area (Å²) in [4.78, 5) is 31.6. The van der Waals surface area contributed by atoms with Gasteiger partial charge < -0.3 is 25.2 Å². The zero-order chi connectivity index (χ0) is 20.8. The predicted octanol–water partition coefficient (Wildman–Crippen LogP) is 2.08. The van der Waals surface area contributed by atoms with Crippen LogP contribution in [0.1, 0.15) is 37.3 Å². The molecule has 0 bridgehead atoms. The first-order valence-corrected chi connectivity index (χ1v) is 10.5. The van der Waals surface area contributed by atoms with Crippen molar-refractivity contribution >= 4 is 11.9 Å². The van der Waals surface area contributed by atoms with Crippen molar-refractivity contribution in [1.29, 1.82) is 0 Å². The van der Waals surface area contributed by atoms with E-state index in [1.165, 1.54) is 0 Å². The molecule has 1 aromatic rings. The molecule has 4 rings (SSSR count). The normalized spacial score (nSPS) is 27.8. The molecule has 0 spiro atoms. The van der Waals surface area contributed by atoms with E-state index in [1.807, 2.05) is 34.1 Å². The van der Waals surface area contributed by atoms with Gasteiger partial charge in [0.25, 0.3) is 0 Å². The molecule has 3 amide bonds. The Balaban J connectivity index is 1.59. The highest BCUT2D eigenvalue weighted by molar-refractivity contribution is 5.87. The minimum absolute atomic E-state index is 0.0178. The van der Waals surface area contributed by atoms with E-state index in [9.17, 15) is 9.59 Å². The van der Waals surface area contributed by atoms with E-state index < -0.39 is 5.54 Å². The maximum Gasteiger partial charge on any atom is 0.320 e. The van der Waals surface area contributed by atoms with Crippen LogP contribution >= 0.6 is 0 Å². The van der Waals surface area contributed by atoms with E-state index in [0.29, 0.717) is 19.6 Å². The van der Waals surface area contributed by atoms with Crippen LogP contribution in [0.4, 0.5) is 4.79 Å². The van der Waals surface area contributed by atoms with E-state index in [-0.39, 0.29) is 29.8 Å². The Morgan fingerprint density at radius 3 is 2.34 bits per heavy atom. The van der Waals surface area contributed by atoms with E-state index >= 15 is 0 Å². The number of carbonyl (C=O) groups is 2. The fourth-order valence-corrected chi connectivity index (χ4v) is 5.43. The van der Waals surface area contributed by atoms with E-state index in [0.717, 1.165) is 37.0 Å². The van der Waals surface area contributed by atoms with Gasteiger partial charge in [-0.15, -0.1) is 0 Å². The summed E-state index contributed by atoms with van der Waals surface area (Å²) in [6, 6.07) is 7.92. The number of urea groups is 1. The average Bonchev–Trinajstić information content (AvgIpc) is 3.41. The predicted molar refractivity (Wildman–Crippen MR) is 110 cm³/mol. The molecule has 0 unspecified atom stereocenters. The van der Waals surface area contributed by atoms with Gasteiger partial charge in [-0.2, -0.15) is 0 Å². The molecule has 1 aromatic carbocycles. The first-order valence-electron chi connectivity index (χ1n) is 10.5. The van der Waals surface area contributed by atoms with Crippen molar-refractivity contribution in [3.8, 4) is 5.75 Å². The molecule has 2 N–H and O–H groups in total. The van der Waals surface area contributed by atoms with Crippen LogP contribution in [0.3, 0.4) is 0 Å². The Hall–Kier alpha value is -2.28. The van der Waals surface area contributed by atoms with Gasteiger partial charge >= 0.3 is 6.03 Å². The summed E-state index contributed by atoms with van der Waals surface area (Å²) >= 11 is 0. The van der Waals surface area contributed by atoms with Crippen molar-refractivity contribution in [3.05, 3.63) is 29.8 Å². The van der Waals surface area contributed by atoms with E-state index in [2.05, 4.69) is 0 Å². The lowest BCUT2D eigenvalue weighted by molar-refractivity contribution is -0.136. The smallest absolute Gasteiger partial charge is 0.320 e. The molecule has 7 nitrogen and oxygen atoms in total. The summed E-state index contributed by atoms with van der Waals surface area (Å²) in [5.41, 5.74) is 6.85. The number of nitrogens with zero attached hydrogens (tertiary/aromatic N) is 3. The molecule has 1 aliphatic carbocycles. The van der Waals surface area contributed by atoms with Gasteiger partial charge in [-0.05, 0) is 30.5 Å². The second-order valence-electron chi connectivity index (χ2n) is 9.04. The molecule has 2 heterocycles. The monoisotopic (exact) mass is 400 g/mol. The zero-order valence-electron chi connectivity index (χ0n) is 17.6. The number of carbonyl (C=O) groups excluding carboxylic acids is 2. The largest absolute Gasteiger partial charge is 0.497 e. The third-order valence-electron chi connectivity index (χ3n) is 6.96. The Labute approximate surface area is 172 Å². The molecule has 29 heavy (non-hydrogen) atoms. The fraction of sp³-hybridized carbons (Fsp3) is 0.636. The van der Waals surface area contributed by atoms with Crippen LogP contribution in [0.25, 0.3) is 0 Å². The third-order valence-corrected chi connectivity index (χ3v) is 6.96. The van der Waals surface area contributed by atoms with Crippen molar-refractivity contribution in [2.75, 3.05) is 40.8 Å². The number of likely N-dealkylation sites (tertiary alicyclic amines) is 2. The van der Waals surface area contributed by atoms with Gasteiger partial charge in [0, 0.05) is 45.6 Å². The molecule has 2 saturated heterocycles. The number of amides is 3. The van der Waals surface area contributed by atoms with Gasteiger partial charge in [-0.1, -0.05) is 25.0 Å². The van der Waals surface area contributed by atoms with Crippen LogP contribution in [0.5, 0.6) is 5.75 Å². The second kappa shape index (κ2) is 7.52. The molecular weight excluding hydrogens is 368 g/mol. The van der Waals surface area contributed by atoms with E-state index in [1.54, 1.807) is 26.1 Å². The summed E-state index contributed by atoms with van der Waals surface area (Å²) < 4.78 is 5.29. The lowest BCUT2D eigenvalue weighted by Crippen LogP contribution is -2.53. The maximum atomic E-state index is 13.1. The lowest BCUT2D eigenvalue weighted by atomic mass is 9.89. The molecule has 3 atom stereocenters. The summed E-state index contributed by atoms with van der Waals surface area (Å²) in [7, 11) is 5.22. The minimum atomic E-state index is -0.687. The Morgan fingerprint density at radius 2 is 1.76 bits per heavy atom. The SMILES string of the molecule is COc1ccc([C@H]2[C@@H]3CN(C(=O)C4(N)CCCC4)C[C@@H]3CN2C(=O)N(C)C)cc1. The molecule has 1 saturated carbocycles. The standard InChI is InChI=1S/C22H32N4O3/c1-24(2)21(28)26-13-16-12-25(20(27)22(23)10-4-5-11-22)14-18(16)19(26)15-6-8-17(29-3)9-7-15/h6-9,16,18-19H,4-5,10-14,23H2,1-3H3/t16-,18-,19+/m1/s1. The van der Waals surface area contributed by atoms with Gasteiger partial charge in [-0.25, -0.2) is 4.79 Å². The Bertz CT molecular complexity index is 773. The summed E-state index contributed by atoms with van der Waals surface area (Å²) in [5, 5.41) is 0. The van der Waals surface area contributed by atoms with Crippen molar-refractivity contribution in [3.63, 3.8) is 0 Å². The van der Waals surface area contributed by atoms with Crippen LogP contribution in [-0.2, 0) is 4.79 Å². The number of hydrogen-bond donors (Lipinski definition) is 1. The number of methoxy groups -OCH3 is 1. The van der Waals surface area contributed by atoms with Crippen molar-refractivity contribution in [2.24, 2.45) is 17.6 Å². The van der Waals surface area contributed by atoms with Crippen LogP contribution < -0.4 is 10.5 Å². The second-order valence-corrected chi connectivity index (χ2v) is 9.04. The molecule has 7 heteroatoms. The topological polar surface area (TPSA) is 79.1 Å². The Kier molecular flexibility index (Phi) is 5.19. The van der Waals surface area contributed by atoms with Crippen LogP contribution in [0, 0.1) is 11.8 Å². The Morgan fingerprint density at radius 1 is 1.10 bits per heavy atom. The summed E-state index contributed by atoms with van der Waals surface area (Å²) in [6.07, 6.45) is 3.63. The molecule has 158 valence electrons. The third kappa shape index (κ3) is 3.45. The highest BCUT2D eigenvalue weighted by atomic mass is 16.5. The van der Waals surface area contributed by atoms with E-state index in [4.69, 9.17) is 10.5 Å². The van der Waals surface area contributed by atoms with Gasteiger partial charge in [-0.3, -0.25) is 4.79 Å². The van der Waals surface area contributed by atoms with Crippen LogP contribution in [-0.4, -0.2) is 73.0 Å². The van der Waals surface area contributed by atoms with Crippen molar-refractivity contribution in [2.45, 2.75) is 37.3 Å². The van der Waals surface area contributed by atoms with Gasteiger partial charge in [0.05, 0.1) is 18.7 Å². The summed E-state index contributed by atoms with van der Waals surface area (Å²) in [6.45, 7) is 2.02. The molecule has 0 radical (unpaired) electrons. The molecular formula is C22H32N4O3. The highest BCUT2D eigenvalue weighted by Gasteiger charge is 2.52. The number of hydrogen-bond acceptors (Lipinski definition) is 4. The number of rotatable bonds is 3. The quantitative estimate of drug-likeness (QED) is 0.843. The van der Waals surface area contributed by atoms with Crippen molar-refractivity contribution < 1.29 is 14.3 Å². The van der Waals surface area contributed by atoms with Crippen molar-refractivity contribution in [1.82, 2.24) is 14.7 Å². The molecule has 3 fully saturated rings. The van der Waals surface area contributed by atoms with Crippen LogP contribution in [0.15, 0.2) is 24.3 Å². The number of benzene rings is 1. The minimum Gasteiger partial charge on any atom is -0.497 e. The lowest BCUT2D eigenvalue weighted by Gasteiger charge is -2.33. The summed E-state index contributed by atoms with van der Waals surface area (Å²) in [5.74, 6) is 1.40. The zero-order valence-corrected chi connectivity index (χ0v) is 17.6. The highest BCUT2D eigenvalue weighted by Crippen LogP contribution is 2.46. The van der Waals surface area contributed by atoms with Gasteiger partial charge in [0.15, 0.2) is 0 Å². The van der Waals surface area contributed by atoms with Gasteiger partial charge in [0.2, 0.25) is 5.91 Å².